The van der Waals surface area contributed by atoms with E-state index in [-0.39, 0.29) is 12.6 Å². The summed E-state index contributed by atoms with van der Waals surface area (Å²) in [6.07, 6.45) is 0.581. The molecular weight excluding hydrogens is 336 g/mol. The molecule has 0 amide bonds. The quantitative estimate of drug-likeness (QED) is 0.562. The van der Waals surface area contributed by atoms with E-state index in [0.29, 0.717) is 17.6 Å². The highest BCUT2D eigenvalue weighted by atomic mass is 16.3. The van der Waals surface area contributed by atoms with Crippen LogP contribution in [0.2, 0.25) is 0 Å². The number of hydrogen-bond donors (Lipinski definition) is 2. The predicted octanol–water partition coefficient (Wildman–Crippen LogP) is 4.20. The van der Waals surface area contributed by atoms with E-state index in [4.69, 9.17) is 0 Å². The van der Waals surface area contributed by atoms with Gasteiger partial charge in [-0.15, -0.1) is 0 Å². The molecule has 0 bridgehead atoms. The molecule has 4 aromatic rings. The lowest BCUT2D eigenvalue weighted by Gasteiger charge is -2.21. The number of nitrogens with zero attached hydrogens (tertiary/aromatic N) is 3. The SMILES string of the molecule is Cc1cc(N[C@@H](CCO)c2ccccc2)n2c(nc3ccccc32)c1C#N. The van der Waals surface area contributed by atoms with Gasteiger partial charge in [0.25, 0.3) is 0 Å². The highest BCUT2D eigenvalue weighted by molar-refractivity contribution is 5.85. The fourth-order valence-corrected chi connectivity index (χ4v) is 3.52. The summed E-state index contributed by atoms with van der Waals surface area (Å²) >= 11 is 0. The summed E-state index contributed by atoms with van der Waals surface area (Å²) in [5, 5.41) is 22.7. The number of para-hydroxylation sites is 2. The van der Waals surface area contributed by atoms with E-state index in [9.17, 15) is 10.4 Å². The number of fused-ring (bicyclic) bond motifs is 3. The zero-order valence-electron chi connectivity index (χ0n) is 15.1. The average Bonchev–Trinajstić information content (AvgIpc) is 3.08. The van der Waals surface area contributed by atoms with Crippen molar-refractivity contribution in [3.05, 3.63) is 77.4 Å². The fraction of sp³-hybridized carbons (Fsp3) is 0.182. The van der Waals surface area contributed by atoms with Gasteiger partial charge in [-0.25, -0.2) is 4.98 Å². The molecule has 2 aromatic carbocycles. The van der Waals surface area contributed by atoms with Crippen LogP contribution < -0.4 is 5.32 Å². The van der Waals surface area contributed by atoms with Gasteiger partial charge in [-0.2, -0.15) is 5.26 Å². The van der Waals surface area contributed by atoms with Gasteiger partial charge in [0, 0.05) is 6.61 Å². The Morgan fingerprint density at radius 3 is 2.63 bits per heavy atom. The first kappa shape index (κ1) is 17.1. The number of rotatable bonds is 5. The molecule has 0 aliphatic heterocycles. The van der Waals surface area contributed by atoms with Crippen molar-refractivity contribution in [2.45, 2.75) is 19.4 Å². The molecule has 0 aliphatic carbocycles. The number of nitriles is 1. The Morgan fingerprint density at radius 1 is 1.15 bits per heavy atom. The first-order valence-corrected chi connectivity index (χ1v) is 8.96. The van der Waals surface area contributed by atoms with Gasteiger partial charge >= 0.3 is 0 Å². The minimum absolute atomic E-state index is 0.0482. The molecule has 2 N–H and O–H groups in total. The number of aryl methyl sites for hydroxylation is 1. The molecule has 0 unspecified atom stereocenters. The largest absolute Gasteiger partial charge is 0.396 e. The monoisotopic (exact) mass is 356 g/mol. The van der Waals surface area contributed by atoms with Crippen molar-refractivity contribution in [2.75, 3.05) is 11.9 Å². The lowest BCUT2D eigenvalue weighted by atomic mass is 10.0. The fourth-order valence-electron chi connectivity index (χ4n) is 3.52. The Bertz CT molecular complexity index is 1140. The second-order valence-electron chi connectivity index (χ2n) is 6.58. The maximum absolute atomic E-state index is 9.62. The van der Waals surface area contributed by atoms with Crippen molar-refractivity contribution in [2.24, 2.45) is 0 Å². The highest BCUT2D eigenvalue weighted by Crippen LogP contribution is 2.29. The topological polar surface area (TPSA) is 73.3 Å². The molecule has 0 fully saturated rings. The molecule has 1 atom stereocenters. The number of hydrogen-bond acceptors (Lipinski definition) is 4. The maximum Gasteiger partial charge on any atom is 0.157 e. The molecule has 0 aliphatic rings. The zero-order valence-corrected chi connectivity index (χ0v) is 15.1. The number of aromatic nitrogens is 2. The molecule has 0 radical (unpaired) electrons. The van der Waals surface area contributed by atoms with Crippen LogP contribution in [0.25, 0.3) is 16.7 Å². The summed E-state index contributed by atoms with van der Waals surface area (Å²) < 4.78 is 1.99. The van der Waals surface area contributed by atoms with E-state index < -0.39 is 0 Å². The van der Waals surface area contributed by atoms with Crippen LogP contribution in [0.5, 0.6) is 0 Å². The Kier molecular flexibility index (Phi) is 4.49. The van der Waals surface area contributed by atoms with E-state index in [1.807, 2.05) is 72.0 Å². The number of aliphatic hydroxyl groups excluding tert-OH is 1. The van der Waals surface area contributed by atoms with Crippen LogP contribution in [0.1, 0.15) is 29.2 Å². The van der Waals surface area contributed by atoms with E-state index in [1.165, 1.54) is 0 Å². The predicted molar refractivity (Wildman–Crippen MR) is 107 cm³/mol. The van der Waals surface area contributed by atoms with Crippen molar-refractivity contribution in [3.63, 3.8) is 0 Å². The van der Waals surface area contributed by atoms with Gasteiger partial charge in [0.2, 0.25) is 0 Å². The van der Waals surface area contributed by atoms with Gasteiger partial charge in [0.15, 0.2) is 5.65 Å². The molecule has 5 heteroatoms. The summed E-state index contributed by atoms with van der Waals surface area (Å²) in [5.74, 6) is 0.859. The molecule has 5 nitrogen and oxygen atoms in total. The van der Waals surface area contributed by atoms with E-state index in [1.54, 1.807) is 0 Å². The molecule has 134 valence electrons. The van der Waals surface area contributed by atoms with Crippen LogP contribution in [0.3, 0.4) is 0 Å². The van der Waals surface area contributed by atoms with Crippen molar-refractivity contribution in [3.8, 4) is 6.07 Å². The minimum atomic E-state index is -0.0482. The third kappa shape index (κ3) is 3.01. The Hall–Kier alpha value is -3.36. The van der Waals surface area contributed by atoms with Gasteiger partial charge in [0.05, 0.1) is 22.6 Å². The third-order valence-corrected chi connectivity index (χ3v) is 4.83. The number of anilines is 1. The van der Waals surface area contributed by atoms with E-state index >= 15 is 0 Å². The summed E-state index contributed by atoms with van der Waals surface area (Å²) in [7, 11) is 0. The Balaban J connectivity index is 1.92. The molecule has 0 saturated heterocycles. The van der Waals surface area contributed by atoms with Crippen LogP contribution in [0, 0.1) is 18.3 Å². The zero-order chi connectivity index (χ0) is 18.8. The molecule has 27 heavy (non-hydrogen) atoms. The van der Waals surface area contributed by atoms with Crippen LogP contribution >= 0.6 is 0 Å². The summed E-state index contributed by atoms with van der Waals surface area (Å²) in [6, 6.07) is 22.1. The maximum atomic E-state index is 9.62. The molecule has 2 heterocycles. The van der Waals surface area contributed by atoms with Crippen molar-refractivity contribution in [1.82, 2.24) is 9.38 Å². The van der Waals surface area contributed by atoms with E-state index in [2.05, 4.69) is 16.4 Å². The Morgan fingerprint density at radius 2 is 1.89 bits per heavy atom. The number of aliphatic hydroxyl groups is 1. The van der Waals surface area contributed by atoms with Gasteiger partial charge in [-0.1, -0.05) is 42.5 Å². The minimum Gasteiger partial charge on any atom is -0.396 e. The standard InChI is InChI=1S/C22H20N4O/c1-15-13-21(24-18(11-12-27)16-7-3-2-4-8-16)26-20-10-6-5-9-19(20)25-22(26)17(15)14-23/h2-10,13,18,24,27H,11-12H2,1H3/t18-/m0/s1. The molecule has 0 spiro atoms. The second kappa shape index (κ2) is 7.10. The molecular formula is C22H20N4O. The summed E-state index contributed by atoms with van der Waals surface area (Å²) in [6.45, 7) is 2.00. The number of pyridine rings is 1. The summed E-state index contributed by atoms with van der Waals surface area (Å²) in [5.41, 5.74) is 5.00. The number of imidazole rings is 1. The van der Waals surface area contributed by atoms with Crippen LogP contribution in [-0.4, -0.2) is 21.1 Å². The molecule has 0 saturated carbocycles. The molecule has 4 rings (SSSR count). The van der Waals surface area contributed by atoms with Gasteiger partial charge in [-0.3, -0.25) is 4.40 Å². The first-order chi connectivity index (χ1) is 13.2. The van der Waals surface area contributed by atoms with Gasteiger partial charge in [0.1, 0.15) is 11.9 Å². The third-order valence-electron chi connectivity index (χ3n) is 4.83. The Labute approximate surface area is 157 Å². The van der Waals surface area contributed by atoms with Crippen LogP contribution in [0.15, 0.2) is 60.7 Å². The van der Waals surface area contributed by atoms with Gasteiger partial charge in [-0.05, 0) is 42.7 Å². The average molecular weight is 356 g/mol. The van der Waals surface area contributed by atoms with Crippen LogP contribution in [0.4, 0.5) is 5.82 Å². The number of nitrogens with one attached hydrogen (secondary N) is 1. The van der Waals surface area contributed by atoms with Gasteiger partial charge < -0.3 is 10.4 Å². The smallest absolute Gasteiger partial charge is 0.157 e. The van der Waals surface area contributed by atoms with Crippen molar-refractivity contribution < 1.29 is 5.11 Å². The van der Waals surface area contributed by atoms with Crippen molar-refractivity contribution >= 4 is 22.5 Å². The van der Waals surface area contributed by atoms with Crippen LogP contribution in [-0.2, 0) is 0 Å². The van der Waals surface area contributed by atoms with E-state index in [0.717, 1.165) is 28.0 Å². The second-order valence-corrected chi connectivity index (χ2v) is 6.58. The molecule has 2 aromatic heterocycles. The summed E-state index contributed by atoms with van der Waals surface area (Å²) in [4.78, 5) is 4.68. The highest BCUT2D eigenvalue weighted by Gasteiger charge is 2.18. The van der Waals surface area contributed by atoms with Crippen molar-refractivity contribution in [1.29, 1.82) is 5.26 Å². The first-order valence-electron chi connectivity index (χ1n) is 8.96. The lowest BCUT2D eigenvalue weighted by molar-refractivity contribution is 0.280. The lowest BCUT2D eigenvalue weighted by Crippen LogP contribution is -2.15. The normalized spacial score (nSPS) is 12.2. The number of benzene rings is 2.